The highest BCUT2D eigenvalue weighted by molar-refractivity contribution is 8.00. The molecule has 0 aromatic heterocycles. The summed E-state index contributed by atoms with van der Waals surface area (Å²) in [6.07, 6.45) is -5.74. The number of carbonyl (C=O) groups excluding carboxylic acids is 2. The number of benzene rings is 3. The molecule has 0 saturated heterocycles. The molecule has 3 aromatic carbocycles. The van der Waals surface area contributed by atoms with Crippen molar-refractivity contribution in [2.45, 2.75) is 23.2 Å². The highest BCUT2D eigenvalue weighted by Gasteiger charge is 2.42. The lowest BCUT2D eigenvalue weighted by atomic mass is 10.0. The van der Waals surface area contributed by atoms with Crippen LogP contribution in [-0.2, 0) is 11.0 Å². The van der Waals surface area contributed by atoms with E-state index in [2.05, 4.69) is 5.32 Å². The molecule has 4 N–H and O–H groups in total. The molecule has 3 rings (SSSR count). The number of carboxylic acids is 2. The Morgan fingerprint density at radius 1 is 0.780 bits per heavy atom. The lowest BCUT2D eigenvalue weighted by Gasteiger charge is -2.16. The van der Waals surface area contributed by atoms with Gasteiger partial charge in [0.25, 0.3) is 5.91 Å². The number of anilines is 2. The summed E-state index contributed by atoms with van der Waals surface area (Å²) in [5, 5.41) is 21.1. The summed E-state index contributed by atoms with van der Waals surface area (Å²) in [5.74, 6) is -15.4. The van der Waals surface area contributed by atoms with Crippen molar-refractivity contribution in [1.29, 1.82) is 0 Å². The number of thioether (sulfide) groups is 1. The van der Waals surface area contributed by atoms with Gasteiger partial charge < -0.3 is 20.8 Å². The van der Waals surface area contributed by atoms with Gasteiger partial charge >= 0.3 is 18.1 Å². The van der Waals surface area contributed by atoms with Crippen LogP contribution in [0.3, 0.4) is 0 Å². The zero-order valence-corrected chi connectivity index (χ0v) is 21.0. The van der Waals surface area contributed by atoms with Crippen LogP contribution in [0.15, 0.2) is 47.4 Å². The van der Waals surface area contributed by atoms with Crippen LogP contribution in [0.4, 0.5) is 42.1 Å². The van der Waals surface area contributed by atoms with E-state index >= 15 is 0 Å². The first-order chi connectivity index (χ1) is 19.0. The van der Waals surface area contributed by atoms with Crippen LogP contribution in [0.2, 0.25) is 0 Å². The molecule has 16 heteroatoms. The van der Waals surface area contributed by atoms with Gasteiger partial charge in [-0.05, 0) is 49.4 Å². The van der Waals surface area contributed by atoms with Crippen LogP contribution in [0.1, 0.15) is 43.6 Å². The van der Waals surface area contributed by atoms with Crippen molar-refractivity contribution in [2.24, 2.45) is 0 Å². The van der Waals surface area contributed by atoms with Crippen molar-refractivity contribution in [3.8, 4) is 0 Å². The third-order valence-electron chi connectivity index (χ3n) is 5.33. The van der Waals surface area contributed by atoms with Gasteiger partial charge in [0.2, 0.25) is 5.91 Å². The Hall–Kier alpha value is -4.60. The van der Waals surface area contributed by atoms with E-state index in [-0.39, 0.29) is 16.8 Å². The molecule has 3 aromatic rings. The first kappa shape index (κ1) is 30.9. The molecule has 0 heterocycles. The number of aromatic carboxylic acids is 2. The van der Waals surface area contributed by atoms with Gasteiger partial charge in [-0.25, -0.2) is 27.2 Å². The summed E-state index contributed by atoms with van der Waals surface area (Å²) in [6.45, 7) is 1.22. The maximum atomic E-state index is 14.1. The second kappa shape index (κ2) is 11.9. The molecular weight excluding hydrogens is 589 g/mol. The molecule has 2 amide bonds. The van der Waals surface area contributed by atoms with Crippen molar-refractivity contribution >= 4 is 46.9 Å². The minimum atomic E-state index is -5.74. The molecular formula is C25H15F7N2O6S. The van der Waals surface area contributed by atoms with Crippen LogP contribution in [0, 0.1) is 23.3 Å². The normalized spacial score (nSPS) is 12.0. The van der Waals surface area contributed by atoms with E-state index < -0.39 is 75.3 Å². The fourth-order valence-corrected chi connectivity index (χ4v) is 4.21. The molecule has 0 aliphatic heterocycles. The Kier molecular flexibility index (Phi) is 8.96. The topological polar surface area (TPSA) is 133 Å². The van der Waals surface area contributed by atoms with Crippen LogP contribution in [0.5, 0.6) is 0 Å². The lowest BCUT2D eigenvalue weighted by molar-refractivity contribution is -0.143. The summed E-state index contributed by atoms with van der Waals surface area (Å²) in [7, 11) is 0. The highest BCUT2D eigenvalue weighted by atomic mass is 32.2. The van der Waals surface area contributed by atoms with Crippen molar-refractivity contribution in [2.75, 3.05) is 10.6 Å². The monoisotopic (exact) mass is 604 g/mol. The van der Waals surface area contributed by atoms with Crippen LogP contribution < -0.4 is 10.6 Å². The Labute approximate surface area is 229 Å². The molecule has 0 saturated carbocycles. The first-order valence-electron chi connectivity index (χ1n) is 11.0. The zero-order valence-electron chi connectivity index (χ0n) is 20.2. The minimum Gasteiger partial charge on any atom is -0.478 e. The Morgan fingerprint density at radius 3 is 1.83 bits per heavy atom. The Balaban J connectivity index is 1.71. The van der Waals surface area contributed by atoms with Crippen LogP contribution in [0.25, 0.3) is 0 Å². The molecule has 0 aliphatic carbocycles. The van der Waals surface area contributed by atoms with Gasteiger partial charge in [0, 0.05) is 10.6 Å². The molecule has 1 atom stereocenters. The standard InChI is InChI=1S/C25H15F7N2O6S/c1-9(21(35)34-20-18(28)16(26)15(25(30,31)32)17(27)19(20)29)41-12-5-3-11(4-6-12)33-22(36)13-7-2-10(23(37)38)8-14(13)24(39)40/h2-9H,1H3,(H,33,36)(H,34,35)(H,37,38)(H,39,40). The van der Waals surface area contributed by atoms with E-state index in [1.54, 1.807) is 5.32 Å². The smallest absolute Gasteiger partial charge is 0.422 e. The Bertz CT molecular complexity index is 1530. The summed E-state index contributed by atoms with van der Waals surface area (Å²) >= 11 is 0.763. The SMILES string of the molecule is CC(Sc1ccc(NC(=O)c2ccc(C(=O)O)cc2C(=O)O)cc1)C(=O)Nc1c(F)c(F)c(C(F)(F)F)c(F)c1F. The van der Waals surface area contributed by atoms with Crippen LogP contribution in [-0.4, -0.2) is 39.2 Å². The number of carbonyl (C=O) groups is 4. The molecule has 0 fully saturated rings. The summed E-state index contributed by atoms with van der Waals surface area (Å²) in [5.41, 5.74) is -5.61. The molecule has 0 radical (unpaired) electrons. The second-order valence-electron chi connectivity index (χ2n) is 8.10. The lowest BCUT2D eigenvalue weighted by Crippen LogP contribution is -2.25. The number of rotatable bonds is 8. The molecule has 1 unspecified atom stereocenters. The van der Waals surface area contributed by atoms with E-state index in [0.29, 0.717) is 4.90 Å². The van der Waals surface area contributed by atoms with Gasteiger partial charge in [-0.15, -0.1) is 11.8 Å². The predicted molar refractivity (Wildman–Crippen MR) is 130 cm³/mol. The van der Waals surface area contributed by atoms with Gasteiger partial charge in [-0.2, -0.15) is 13.2 Å². The second-order valence-corrected chi connectivity index (χ2v) is 9.52. The molecule has 0 bridgehead atoms. The van der Waals surface area contributed by atoms with Crippen molar-refractivity contribution in [3.63, 3.8) is 0 Å². The molecule has 8 nitrogen and oxygen atoms in total. The Morgan fingerprint density at radius 2 is 1.34 bits per heavy atom. The number of carboxylic acid groups (broad SMARTS) is 2. The van der Waals surface area contributed by atoms with Crippen molar-refractivity contribution in [3.05, 3.63) is 88.0 Å². The summed E-state index contributed by atoms with van der Waals surface area (Å²) < 4.78 is 94.0. The predicted octanol–water partition coefficient (Wildman–Crippen LogP) is 6.03. The average molecular weight is 604 g/mol. The quantitative estimate of drug-likeness (QED) is 0.140. The third kappa shape index (κ3) is 6.77. The number of amides is 2. The van der Waals surface area contributed by atoms with Gasteiger partial charge in [-0.3, -0.25) is 9.59 Å². The van der Waals surface area contributed by atoms with Gasteiger partial charge in [-0.1, -0.05) is 0 Å². The summed E-state index contributed by atoms with van der Waals surface area (Å²) in [6, 6.07) is 8.28. The zero-order chi connectivity index (χ0) is 30.8. The van der Waals surface area contributed by atoms with Gasteiger partial charge in [0.1, 0.15) is 11.3 Å². The largest absolute Gasteiger partial charge is 0.478 e. The van der Waals surface area contributed by atoms with Crippen LogP contribution >= 0.6 is 11.8 Å². The van der Waals surface area contributed by atoms with Gasteiger partial charge in [0.05, 0.1) is 21.9 Å². The first-order valence-corrected chi connectivity index (χ1v) is 11.8. The van der Waals surface area contributed by atoms with Gasteiger partial charge in [0.15, 0.2) is 23.3 Å². The fourth-order valence-electron chi connectivity index (χ4n) is 3.34. The molecule has 41 heavy (non-hydrogen) atoms. The highest BCUT2D eigenvalue weighted by Crippen LogP contribution is 2.38. The molecule has 216 valence electrons. The van der Waals surface area contributed by atoms with E-state index in [9.17, 15) is 55.0 Å². The number of hydrogen-bond acceptors (Lipinski definition) is 5. The minimum absolute atomic E-state index is 0.148. The molecule has 0 aliphatic rings. The maximum Gasteiger partial charge on any atom is 0.422 e. The molecule has 0 spiro atoms. The third-order valence-corrected chi connectivity index (χ3v) is 6.44. The van der Waals surface area contributed by atoms with E-state index in [0.717, 1.165) is 30.0 Å². The number of nitrogens with one attached hydrogen (secondary N) is 2. The van der Waals surface area contributed by atoms with Crippen molar-refractivity contribution < 1.29 is 60.1 Å². The van der Waals surface area contributed by atoms with E-state index in [4.69, 9.17) is 5.11 Å². The number of hydrogen-bond donors (Lipinski definition) is 4. The maximum absolute atomic E-state index is 14.1. The van der Waals surface area contributed by atoms with E-state index in [1.807, 2.05) is 0 Å². The van der Waals surface area contributed by atoms with E-state index in [1.165, 1.54) is 31.2 Å². The van der Waals surface area contributed by atoms with Crippen molar-refractivity contribution in [1.82, 2.24) is 0 Å². The number of halogens is 7. The summed E-state index contributed by atoms with van der Waals surface area (Å²) in [4.78, 5) is 47.8. The average Bonchev–Trinajstić information content (AvgIpc) is 2.89. The number of alkyl halides is 3. The fraction of sp³-hybridized carbons (Fsp3) is 0.120.